The lowest BCUT2D eigenvalue weighted by molar-refractivity contribution is -0.131. The Kier molecular flexibility index (Phi) is 7.10. The van der Waals surface area contributed by atoms with Crippen LogP contribution in [0.2, 0.25) is 0 Å². The zero-order valence-corrected chi connectivity index (χ0v) is 16.5. The molecule has 1 fully saturated rings. The number of thiophene rings is 1. The second-order valence-corrected chi connectivity index (χ2v) is 7.42. The van der Waals surface area contributed by atoms with Gasteiger partial charge in [0.2, 0.25) is 5.91 Å². The number of guanidine groups is 1. The molecule has 2 aromatic rings. The number of anilines is 1. The van der Waals surface area contributed by atoms with Gasteiger partial charge in [0.25, 0.3) is 0 Å². The molecular weight excluding hydrogens is 358 g/mol. The van der Waals surface area contributed by atoms with Gasteiger partial charge in [-0.15, -0.1) is 11.3 Å². The fourth-order valence-electron chi connectivity index (χ4n) is 3.10. The lowest BCUT2D eigenvalue weighted by Gasteiger charge is -2.36. The summed E-state index contributed by atoms with van der Waals surface area (Å²) in [6, 6.07) is 14.5. The van der Waals surface area contributed by atoms with E-state index in [1.807, 2.05) is 17.0 Å². The molecule has 2 heterocycles. The zero-order chi connectivity index (χ0) is 18.9. The van der Waals surface area contributed by atoms with Crippen LogP contribution in [-0.2, 0) is 11.3 Å². The topological polar surface area (TPSA) is 60.0 Å². The van der Waals surface area contributed by atoms with Gasteiger partial charge in [0, 0.05) is 56.8 Å². The fourth-order valence-corrected chi connectivity index (χ4v) is 3.75. The summed E-state index contributed by atoms with van der Waals surface area (Å²) in [5.74, 6) is 0.925. The number of rotatable bonds is 6. The molecule has 2 N–H and O–H groups in total. The van der Waals surface area contributed by atoms with Crippen molar-refractivity contribution in [2.24, 2.45) is 4.99 Å². The number of hydrogen-bond acceptors (Lipinski definition) is 4. The van der Waals surface area contributed by atoms with Crippen LogP contribution in [0.25, 0.3) is 0 Å². The van der Waals surface area contributed by atoms with E-state index in [2.05, 4.69) is 56.2 Å². The molecule has 0 bridgehead atoms. The number of nitrogens with one attached hydrogen (secondary N) is 2. The van der Waals surface area contributed by atoms with Gasteiger partial charge in [-0.05, 0) is 23.6 Å². The third-order valence-corrected chi connectivity index (χ3v) is 5.50. The third kappa shape index (κ3) is 5.72. The van der Waals surface area contributed by atoms with E-state index in [0.717, 1.165) is 38.7 Å². The molecule has 0 spiro atoms. The van der Waals surface area contributed by atoms with Gasteiger partial charge < -0.3 is 20.4 Å². The maximum Gasteiger partial charge on any atom is 0.224 e. The first-order chi connectivity index (χ1) is 13.3. The van der Waals surface area contributed by atoms with E-state index < -0.39 is 0 Å². The summed E-state index contributed by atoms with van der Waals surface area (Å²) in [5, 5.41) is 8.55. The quantitative estimate of drug-likeness (QED) is 0.591. The number of hydrogen-bond donors (Lipinski definition) is 2. The van der Waals surface area contributed by atoms with E-state index in [-0.39, 0.29) is 5.91 Å². The SMILES string of the molecule is CN=C(NCCC(=O)N1CCN(c2ccccc2)CC1)NCc1cccs1. The molecule has 27 heavy (non-hydrogen) atoms. The Morgan fingerprint density at radius 3 is 2.52 bits per heavy atom. The summed E-state index contributed by atoms with van der Waals surface area (Å²) >= 11 is 1.71. The monoisotopic (exact) mass is 385 g/mol. The summed E-state index contributed by atoms with van der Waals surface area (Å²) in [4.78, 5) is 22.2. The third-order valence-electron chi connectivity index (χ3n) is 4.62. The van der Waals surface area contributed by atoms with Crippen molar-refractivity contribution in [1.82, 2.24) is 15.5 Å². The van der Waals surface area contributed by atoms with Gasteiger partial charge in [-0.1, -0.05) is 24.3 Å². The number of aliphatic imine (C=N–C) groups is 1. The number of nitrogens with zero attached hydrogens (tertiary/aromatic N) is 3. The molecule has 0 radical (unpaired) electrons. The van der Waals surface area contributed by atoms with E-state index in [1.165, 1.54) is 10.6 Å². The minimum absolute atomic E-state index is 0.198. The standard InChI is InChI=1S/C20H27N5OS/c1-21-20(23-16-18-8-5-15-27-18)22-10-9-19(26)25-13-11-24(12-14-25)17-6-3-2-4-7-17/h2-8,15H,9-14,16H2,1H3,(H2,21,22,23). The molecule has 6 nitrogen and oxygen atoms in total. The predicted molar refractivity (Wildman–Crippen MR) is 112 cm³/mol. The van der Waals surface area contributed by atoms with Gasteiger partial charge in [0.05, 0.1) is 6.54 Å². The highest BCUT2D eigenvalue weighted by Gasteiger charge is 2.20. The van der Waals surface area contributed by atoms with Crippen molar-refractivity contribution < 1.29 is 4.79 Å². The number of carbonyl (C=O) groups is 1. The summed E-state index contributed by atoms with van der Waals surface area (Å²) in [5.41, 5.74) is 1.23. The molecule has 1 amide bonds. The minimum Gasteiger partial charge on any atom is -0.368 e. The minimum atomic E-state index is 0.198. The maximum atomic E-state index is 12.5. The van der Waals surface area contributed by atoms with Crippen LogP contribution >= 0.6 is 11.3 Å². The Bertz CT molecular complexity index is 724. The lowest BCUT2D eigenvalue weighted by Crippen LogP contribution is -2.49. The predicted octanol–water partition coefficient (Wildman–Crippen LogP) is 2.15. The summed E-state index contributed by atoms with van der Waals surface area (Å²) in [7, 11) is 1.74. The molecule has 0 atom stereocenters. The molecule has 1 aromatic carbocycles. The first-order valence-electron chi connectivity index (χ1n) is 9.31. The molecule has 0 aliphatic carbocycles. The van der Waals surface area contributed by atoms with Crippen LogP contribution in [0.4, 0.5) is 5.69 Å². The molecule has 1 aromatic heterocycles. The summed E-state index contributed by atoms with van der Waals surface area (Å²) < 4.78 is 0. The average Bonchev–Trinajstić information content (AvgIpc) is 3.25. The van der Waals surface area contributed by atoms with Crippen LogP contribution in [0.1, 0.15) is 11.3 Å². The van der Waals surface area contributed by atoms with Crippen molar-refractivity contribution in [1.29, 1.82) is 0 Å². The first kappa shape index (κ1) is 19.2. The average molecular weight is 386 g/mol. The summed E-state index contributed by atoms with van der Waals surface area (Å²) in [6.07, 6.45) is 0.477. The first-order valence-corrected chi connectivity index (χ1v) is 10.2. The van der Waals surface area contributed by atoms with E-state index >= 15 is 0 Å². The van der Waals surface area contributed by atoms with Crippen molar-refractivity contribution in [2.75, 3.05) is 44.7 Å². The highest BCUT2D eigenvalue weighted by atomic mass is 32.1. The molecule has 1 aliphatic heterocycles. The van der Waals surface area contributed by atoms with E-state index in [0.29, 0.717) is 13.0 Å². The Hall–Kier alpha value is -2.54. The second kappa shape index (κ2) is 9.97. The van der Waals surface area contributed by atoms with Crippen LogP contribution in [0, 0.1) is 0 Å². The van der Waals surface area contributed by atoms with Crippen LogP contribution < -0.4 is 15.5 Å². The van der Waals surface area contributed by atoms with Gasteiger partial charge in [-0.25, -0.2) is 0 Å². The van der Waals surface area contributed by atoms with Crippen LogP contribution in [0.5, 0.6) is 0 Å². The van der Waals surface area contributed by atoms with Gasteiger partial charge >= 0.3 is 0 Å². The van der Waals surface area contributed by atoms with Gasteiger partial charge in [0.1, 0.15) is 0 Å². The molecule has 3 rings (SSSR count). The molecular formula is C20H27N5OS. The molecule has 0 saturated carbocycles. The second-order valence-electron chi connectivity index (χ2n) is 6.39. The van der Waals surface area contributed by atoms with E-state index in [4.69, 9.17) is 0 Å². The van der Waals surface area contributed by atoms with Gasteiger partial charge in [0.15, 0.2) is 5.96 Å². The number of benzene rings is 1. The molecule has 144 valence electrons. The van der Waals surface area contributed by atoms with Gasteiger partial charge in [-0.3, -0.25) is 9.79 Å². The lowest BCUT2D eigenvalue weighted by atomic mass is 10.2. The molecule has 0 unspecified atom stereocenters. The number of carbonyl (C=O) groups excluding carboxylic acids is 1. The number of amides is 1. The highest BCUT2D eigenvalue weighted by Crippen LogP contribution is 2.15. The van der Waals surface area contributed by atoms with E-state index in [1.54, 1.807) is 18.4 Å². The van der Waals surface area contributed by atoms with Crippen molar-refractivity contribution >= 4 is 28.9 Å². The Morgan fingerprint density at radius 1 is 1.07 bits per heavy atom. The van der Waals surface area contributed by atoms with Gasteiger partial charge in [-0.2, -0.15) is 0 Å². The Morgan fingerprint density at radius 2 is 1.85 bits per heavy atom. The van der Waals surface area contributed by atoms with E-state index in [9.17, 15) is 4.79 Å². The van der Waals surface area contributed by atoms with Crippen molar-refractivity contribution in [3.8, 4) is 0 Å². The summed E-state index contributed by atoms with van der Waals surface area (Å²) in [6.45, 7) is 4.65. The molecule has 7 heteroatoms. The number of para-hydroxylation sites is 1. The van der Waals surface area contributed by atoms with Crippen LogP contribution in [-0.4, -0.2) is 56.5 Å². The maximum absolute atomic E-state index is 12.5. The highest BCUT2D eigenvalue weighted by molar-refractivity contribution is 7.09. The largest absolute Gasteiger partial charge is 0.368 e. The van der Waals surface area contributed by atoms with Crippen LogP contribution in [0.3, 0.4) is 0 Å². The Balaban J connectivity index is 1.35. The Labute approximate surface area is 164 Å². The fraction of sp³-hybridized carbons (Fsp3) is 0.400. The van der Waals surface area contributed by atoms with Crippen molar-refractivity contribution in [3.63, 3.8) is 0 Å². The zero-order valence-electron chi connectivity index (χ0n) is 15.7. The molecule has 1 saturated heterocycles. The molecule has 1 aliphatic rings. The van der Waals surface area contributed by atoms with Crippen molar-refractivity contribution in [3.05, 3.63) is 52.7 Å². The smallest absolute Gasteiger partial charge is 0.224 e. The normalized spacial score (nSPS) is 14.9. The van der Waals surface area contributed by atoms with Crippen molar-refractivity contribution in [2.45, 2.75) is 13.0 Å². The van der Waals surface area contributed by atoms with Crippen LogP contribution in [0.15, 0.2) is 52.8 Å². The number of piperazine rings is 1.